The second-order valence-corrected chi connectivity index (χ2v) is 9.03. The summed E-state index contributed by atoms with van der Waals surface area (Å²) < 4.78 is 28.6. The molecule has 6 nitrogen and oxygen atoms in total. The average molecular weight is 339 g/mol. The minimum Gasteiger partial charge on any atom is -0.439 e. The quantitative estimate of drug-likeness (QED) is 0.779. The van der Waals surface area contributed by atoms with Crippen LogP contribution in [-0.2, 0) is 19.4 Å². The SMILES string of the molecule is CC(C)(C)[C@@H]1OC(=O)[C@H](CS(C)(=O)=O)N1C(=O)c1ccccc1. The van der Waals surface area contributed by atoms with Crippen LogP contribution in [0.2, 0.25) is 0 Å². The normalized spacial score (nSPS) is 22.1. The lowest BCUT2D eigenvalue weighted by Gasteiger charge is -2.34. The predicted octanol–water partition coefficient (Wildman–Crippen LogP) is 1.47. The van der Waals surface area contributed by atoms with Gasteiger partial charge in [-0.15, -0.1) is 0 Å². The number of sulfone groups is 1. The number of rotatable bonds is 3. The zero-order valence-electron chi connectivity index (χ0n) is 13.6. The van der Waals surface area contributed by atoms with Gasteiger partial charge in [0.1, 0.15) is 15.9 Å². The van der Waals surface area contributed by atoms with Gasteiger partial charge in [0.15, 0.2) is 6.23 Å². The van der Waals surface area contributed by atoms with Crippen LogP contribution in [0.5, 0.6) is 0 Å². The minimum atomic E-state index is -3.45. The van der Waals surface area contributed by atoms with Crippen molar-refractivity contribution in [2.24, 2.45) is 5.41 Å². The van der Waals surface area contributed by atoms with Crippen molar-refractivity contribution in [2.45, 2.75) is 33.0 Å². The van der Waals surface area contributed by atoms with Crippen molar-refractivity contribution in [1.82, 2.24) is 4.90 Å². The molecule has 1 aromatic carbocycles. The first-order valence-electron chi connectivity index (χ1n) is 7.26. The van der Waals surface area contributed by atoms with Crippen LogP contribution in [0.25, 0.3) is 0 Å². The molecule has 1 aromatic rings. The molecule has 0 spiro atoms. The molecule has 7 heteroatoms. The van der Waals surface area contributed by atoms with Gasteiger partial charge >= 0.3 is 5.97 Å². The summed E-state index contributed by atoms with van der Waals surface area (Å²) in [5, 5.41) is 0. The number of carbonyl (C=O) groups excluding carboxylic acids is 2. The van der Waals surface area contributed by atoms with E-state index in [1.165, 1.54) is 4.90 Å². The van der Waals surface area contributed by atoms with Gasteiger partial charge in [-0.05, 0) is 12.1 Å². The van der Waals surface area contributed by atoms with Crippen molar-refractivity contribution < 1.29 is 22.7 Å². The fraction of sp³-hybridized carbons (Fsp3) is 0.500. The molecule has 1 aliphatic rings. The summed E-state index contributed by atoms with van der Waals surface area (Å²) in [6.45, 7) is 5.50. The van der Waals surface area contributed by atoms with Crippen LogP contribution in [0, 0.1) is 5.41 Å². The highest BCUT2D eigenvalue weighted by Crippen LogP contribution is 2.34. The monoisotopic (exact) mass is 339 g/mol. The van der Waals surface area contributed by atoms with Gasteiger partial charge in [-0.3, -0.25) is 9.69 Å². The van der Waals surface area contributed by atoms with E-state index in [2.05, 4.69) is 0 Å². The van der Waals surface area contributed by atoms with Gasteiger partial charge < -0.3 is 4.74 Å². The summed E-state index contributed by atoms with van der Waals surface area (Å²) in [5.41, 5.74) is -0.148. The van der Waals surface area contributed by atoms with Crippen molar-refractivity contribution >= 4 is 21.7 Å². The van der Waals surface area contributed by atoms with Gasteiger partial charge in [0.2, 0.25) is 0 Å². The number of nitrogens with zero attached hydrogens (tertiary/aromatic N) is 1. The van der Waals surface area contributed by atoms with Crippen LogP contribution in [-0.4, -0.2) is 49.5 Å². The fourth-order valence-electron chi connectivity index (χ4n) is 2.53. The summed E-state index contributed by atoms with van der Waals surface area (Å²) in [5.74, 6) is -1.54. The van der Waals surface area contributed by atoms with E-state index in [0.29, 0.717) is 5.56 Å². The molecular formula is C16H21NO5S. The Morgan fingerprint density at radius 1 is 1.22 bits per heavy atom. The standard InChI is InChI=1S/C16H21NO5S/c1-16(2,3)15-17(13(18)11-8-6-5-7-9-11)12(14(19)22-15)10-23(4,20)21/h5-9,12,15H,10H2,1-4H3/t12-,15-/m0/s1. The van der Waals surface area contributed by atoms with E-state index in [9.17, 15) is 18.0 Å². The van der Waals surface area contributed by atoms with Crippen LogP contribution in [0.3, 0.4) is 0 Å². The molecule has 1 saturated heterocycles. The number of ether oxygens (including phenoxy) is 1. The first-order chi connectivity index (χ1) is 10.5. The van der Waals surface area contributed by atoms with Crippen molar-refractivity contribution in [3.63, 3.8) is 0 Å². The van der Waals surface area contributed by atoms with Gasteiger partial charge in [-0.2, -0.15) is 0 Å². The van der Waals surface area contributed by atoms with E-state index < -0.39 is 45.2 Å². The third kappa shape index (κ3) is 3.90. The molecule has 1 aliphatic heterocycles. The first kappa shape index (κ1) is 17.5. The maximum Gasteiger partial charge on any atom is 0.332 e. The first-order valence-corrected chi connectivity index (χ1v) is 9.33. The molecule has 0 N–H and O–H groups in total. The second-order valence-electron chi connectivity index (χ2n) is 6.84. The van der Waals surface area contributed by atoms with Crippen molar-refractivity contribution in [2.75, 3.05) is 12.0 Å². The molecule has 0 aliphatic carbocycles. The number of hydrogen-bond acceptors (Lipinski definition) is 5. The van der Waals surface area contributed by atoms with Crippen LogP contribution >= 0.6 is 0 Å². The summed E-state index contributed by atoms with van der Waals surface area (Å²) in [4.78, 5) is 26.3. The van der Waals surface area contributed by atoms with E-state index in [4.69, 9.17) is 4.74 Å². The highest BCUT2D eigenvalue weighted by Gasteiger charge is 2.50. The number of benzene rings is 1. The highest BCUT2D eigenvalue weighted by atomic mass is 32.2. The zero-order valence-corrected chi connectivity index (χ0v) is 14.5. The topological polar surface area (TPSA) is 80.8 Å². The molecule has 126 valence electrons. The van der Waals surface area contributed by atoms with Crippen molar-refractivity contribution in [1.29, 1.82) is 0 Å². The lowest BCUT2D eigenvalue weighted by Crippen LogP contribution is -2.49. The van der Waals surface area contributed by atoms with Crippen LogP contribution in [0.15, 0.2) is 30.3 Å². The number of hydrogen-bond donors (Lipinski definition) is 0. The molecule has 23 heavy (non-hydrogen) atoms. The number of amides is 1. The van der Waals surface area contributed by atoms with E-state index in [0.717, 1.165) is 6.26 Å². The predicted molar refractivity (Wildman–Crippen MR) is 85.4 cm³/mol. The Kier molecular flexibility index (Phi) is 4.52. The Hall–Kier alpha value is -1.89. The van der Waals surface area contributed by atoms with E-state index in [1.807, 2.05) is 20.8 Å². The lowest BCUT2D eigenvalue weighted by molar-refractivity contribution is -0.146. The molecule has 0 aromatic heterocycles. The van der Waals surface area contributed by atoms with E-state index in [1.54, 1.807) is 30.3 Å². The Labute approximate surface area is 136 Å². The number of esters is 1. The largest absolute Gasteiger partial charge is 0.439 e. The summed E-state index contributed by atoms with van der Waals surface area (Å²) in [6, 6.07) is 7.33. The smallest absolute Gasteiger partial charge is 0.332 e. The molecule has 1 amide bonds. The molecule has 2 atom stereocenters. The molecule has 2 rings (SSSR count). The number of carbonyl (C=O) groups is 2. The van der Waals surface area contributed by atoms with Gasteiger partial charge in [0.05, 0.1) is 5.75 Å². The number of cyclic esters (lactones) is 1. The second kappa shape index (κ2) is 5.96. The summed E-state index contributed by atoms with van der Waals surface area (Å²) in [7, 11) is -3.45. The third-order valence-corrected chi connectivity index (χ3v) is 4.47. The van der Waals surface area contributed by atoms with Gasteiger partial charge in [-0.25, -0.2) is 13.2 Å². The molecule has 0 saturated carbocycles. The van der Waals surface area contributed by atoms with Crippen molar-refractivity contribution in [3.05, 3.63) is 35.9 Å². The van der Waals surface area contributed by atoms with Crippen LogP contribution in [0.4, 0.5) is 0 Å². The maximum atomic E-state index is 12.8. The van der Waals surface area contributed by atoms with Crippen LogP contribution < -0.4 is 0 Å². The zero-order chi connectivity index (χ0) is 17.4. The molecule has 1 fully saturated rings. The molecule has 0 unspecified atom stereocenters. The van der Waals surface area contributed by atoms with Gasteiger partial charge in [0.25, 0.3) is 5.91 Å². The fourth-order valence-corrected chi connectivity index (χ4v) is 3.40. The highest BCUT2D eigenvalue weighted by molar-refractivity contribution is 7.90. The van der Waals surface area contributed by atoms with Crippen molar-refractivity contribution in [3.8, 4) is 0 Å². The Balaban J connectivity index is 2.45. The molecule has 0 radical (unpaired) electrons. The van der Waals surface area contributed by atoms with Gasteiger partial charge in [0, 0.05) is 17.2 Å². The third-order valence-electron chi connectivity index (χ3n) is 3.55. The molecule has 0 bridgehead atoms. The minimum absolute atomic E-state index is 0.388. The summed E-state index contributed by atoms with van der Waals surface area (Å²) in [6.07, 6.45) is 0.227. The van der Waals surface area contributed by atoms with E-state index >= 15 is 0 Å². The molecular weight excluding hydrogens is 318 g/mol. The molecule has 1 heterocycles. The summed E-state index contributed by atoms with van der Waals surface area (Å²) >= 11 is 0. The maximum absolute atomic E-state index is 12.8. The lowest BCUT2D eigenvalue weighted by atomic mass is 9.93. The Morgan fingerprint density at radius 2 is 1.78 bits per heavy atom. The Bertz CT molecular complexity index is 706. The van der Waals surface area contributed by atoms with E-state index in [-0.39, 0.29) is 0 Å². The van der Waals surface area contributed by atoms with Gasteiger partial charge in [-0.1, -0.05) is 39.0 Å². The average Bonchev–Trinajstić information content (AvgIpc) is 2.74. The Morgan fingerprint density at radius 3 is 2.26 bits per heavy atom. The van der Waals surface area contributed by atoms with Crippen LogP contribution in [0.1, 0.15) is 31.1 Å².